The van der Waals surface area contributed by atoms with Gasteiger partial charge in [-0.2, -0.15) is 0 Å². The Balaban J connectivity index is 1.60. The predicted octanol–water partition coefficient (Wildman–Crippen LogP) is 5.31. The predicted molar refractivity (Wildman–Crippen MR) is 81.4 cm³/mol. The molecule has 0 bridgehead atoms. The molecule has 1 saturated carbocycles. The summed E-state index contributed by atoms with van der Waals surface area (Å²) in [6.45, 7) is 2.28. The van der Waals surface area contributed by atoms with E-state index in [4.69, 9.17) is 0 Å². The molecule has 0 spiro atoms. The molecular formula is C18H23N. The lowest BCUT2D eigenvalue weighted by atomic mass is 10.0. The van der Waals surface area contributed by atoms with Gasteiger partial charge in [-0.05, 0) is 42.4 Å². The third-order valence-corrected chi connectivity index (χ3v) is 4.39. The van der Waals surface area contributed by atoms with E-state index in [-0.39, 0.29) is 0 Å². The number of hydrogen-bond donors (Lipinski definition) is 0. The van der Waals surface area contributed by atoms with Crippen molar-refractivity contribution in [1.82, 2.24) is 4.98 Å². The summed E-state index contributed by atoms with van der Waals surface area (Å²) in [6, 6.07) is 10.8. The number of para-hydroxylation sites is 1. The van der Waals surface area contributed by atoms with Gasteiger partial charge in [-0.3, -0.25) is 4.98 Å². The third kappa shape index (κ3) is 2.97. The molecule has 2 atom stereocenters. The molecule has 0 unspecified atom stereocenters. The number of rotatable bonds is 6. The number of unbranched alkanes of at least 4 members (excludes halogenated alkanes) is 3. The van der Waals surface area contributed by atoms with E-state index in [1.165, 1.54) is 49.5 Å². The van der Waals surface area contributed by atoms with Gasteiger partial charge in [-0.15, -0.1) is 0 Å². The monoisotopic (exact) mass is 253 g/mol. The minimum atomic E-state index is 0.790. The zero-order valence-corrected chi connectivity index (χ0v) is 11.8. The minimum Gasteiger partial charge on any atom is -0.256 e. The first-order valence-electron chi connectivity index (χ1n) is 7.73. The van der Waals surface area contributed by atoms with Gasteiger partial charge in [0.05, 0.1) is 5.52 Å². The Morgan fingerprint density at radius 3 is 2.95 bits per heavy atom. The van der Waals surface area contributed by atoms with Crippen molar-refractivity contribution in [1.29, 1.82) is 0 Å². The van der Waals surface area contributed by atoms with Gasteiger partial charge in [-0.25, -0.2) is 0 Å². The van der Waals surface area contributed by atoms with Crippen LogP contribution in [-0.2, 0) is 0 Å². The normalized spacial score (nSPS) is 21.7. The summed E-state index contributed by atoms with van der Waals surface area (Å²) in [4.78, 5) is 4.59. The van der Waals surface area contributed by atoms with Crippen LogP contribution in [0.3, 0.4) is 0 Å². The van der Waals surface area contributed by atoms with Gasteiger partial charge >= 0.3 is 0 Å². The van der Waals surface area contributed by atoms with Crippen LogP contribution >= 0.6 is 0 Å². The molecule has 0 N–H and O–H groups in total. The Hall–Kier alpha value is -1.37. The van der Waals surface area contributed by atoms with Crippen molar-refractivity contribution in [3.05, 3.63) is 42.1 Å². The average Bonchev–Trinajstić information content (AvgIpc) is 3.23. The molecule has 1 nitrogen and oxygen atoms in total. The maximum atomic E-state index is 4.59. The van der Waals surface area contributed by atoms with Crippen LogP contribution in [-0.4, -0.2) is 4.98 Å². The molecule has 1 heterocycles. The maximum Gasteiger partial charge on any atom is 0.0702 e. The van der Waals surface area contributed by atoms with Crippen molar-refractivity contribution in [3.8, 4) is 0 Å². The van der Waals surface area contributed by atoms with E-state index < -0.39 is 0 Å². The molecular weight excluding hydrogens is 230 g/mol. The second kappa shape index (κ2) is 5.73. The van der Waals surface area contributed by atoms with Crippen molar-refractivity contribution in [2.45, 2.75) is 51.4 Å². The molecule has 1 aromatic carbocycles. The van der Waals surface area contributed by atoms with Crippen LogP contribution in [0.15, 0.2) is 36.5 Å². The Bertz CT molecular complexity index is 546. The second-order valence-corrected chi connectivity index (χ2v) is 5.91. The largest absolute Gasteiger partial charge is 0.256 e. The zero-order valence-electron chi connectivity index (χ0n) is 11.8. The molecule has 0 radical (unpaired) electrons. The highest BCUT2D eigenvalue weighted by atomic mass is 14.7. The number of hydrogen-bond acceptors (Lipinski definition) is 1. The van der Waals surface area contributed by atoms with Gasteiger partial charge in [0.25, 0.3) is 0 Å². The first kappa shape index (κ1) is 12.7. The van der Waals surface area contributed by atoms with E-state index in [1.807, 2.05) is 0 Å². The number of benzene rings is 1. The summed E-state index contributed by atoms with van der Waals surface area (Å²) < 4.78 is 0. The molecule has 1 fully saturated rings. The maximum absolute atomic E-state index is 4.59. The summed E-state index contributed by atoms with van der Waals surface area (Å²) in [5.41, 5.74) is 2.57. The quantitative estimate of drug-likeness (QED) is 0.636. The van der Waals surface area contributed by atoms with E-state index in [0.717, 1.165) is 17.4 Å². The van der Waals surface area contributed by atoms with Crippen LogP contribution in [0.5, 0.6) is 0 Å². The highest BCUT2D eigenvalue weighted by molar-refractivity contribution is 5.78. The molecule has 19 heavy (non-hydrogen) atoms. The molecule has 0 amide bonds. The van der Waals surface area contributed by atoms with Crippen molar-refractivity contribution in [2.75, 3.05) is 0 Å². The van der Waals surface area contributed by atoms with Crippen LogP contribution in [0.2, 0.25) is 0 Å². The van der Waals surface area contributed by atoms with E-state index in [0.29, 0.717) is 0 Å². The van der Waals surface area contributed by atoms with Crippen molar-refractivity contribution < 1.29 is 0 Å². The van der Waals surface area contributed by atoms with E-state index in [2.05, 4.69) is 48.4 Å². The van der Waals surface area contributed by atoms with Crippen molar-refractivity contribution in [3.63, 3.8) is 0 Å². The summed E-state index contributed by atoms with van der Waals surface area (Å²) in [6.07, 6.45) is 10.5. The molecule has 0 saturated heterocycles. The second-order valence-electron chi connectivity index (χ2n) is 5.91. The summed E-state index contributed by atoms with van der Waals surface area (Å²) >= 11 is 0. The number of aromatic nitrogens is 1. The number of pyridine rings is 1. The Morgan fingerprint density at radius 2 is 2.05 bits per heavy atom. The molecule has 100 valence electrons. The topological polar surface area (TPSA) is 12.9 Å². The summed E-state index contributed by atoms with van der Waals surface area (Å²) in [5.74, 6) is 1.72. The lowest BCUT2D eigenvalue weighted by Gasteiger charge is -2.03. The highest BCUT2D eigenvalue weighted by Gasteiger charge is 2.37. The summed E-state index contributed by atoms with van der Waals surface area (Å²) in [5, 5.41) is 1.29. The smallest absolute Gasteiger partial charge is 0.0702 e. The van der Waals surface area contributed by atoms with E-state index in [9.17, 15) is 0 Å². The molecule has 1 aliphatic carbocycles. The summed E-state index contributed by atoms with van der Waals surface area (Å²) in [7, 11) is 0. The number of nitrogens with zero attached hydrogens (tertiary/aromatic N) is 1. The lowest BCUT2D eigenvalue weighted by Crippen LogP contribution is -1.88. The Labute approximate surface area is 116 Å². The SMILES string of the molecule is CCCCCC[C@@H]1C[C@H]1c1cnc2ccccc2c1. The first-order valence-corrected chi connectivity index (χ1v) is 7.73. The van der Waals surface area contributed by atoms with Gasteiger partial charge in [0, 0.05) is 11.6 Å². The molecule has 1 aliphatic rings. The van der Waals surface area contributed by atoms with Gasteiger partial charge < -0.3 is 0 Å². The van der Waals surface area contributed by atoms with Gasteiger partial charge in [0.2, 0.25) is 0 Å². The fourth-order valence-electron chi connectivity index (χ4n) is 3.10. The van der Waals surface area contributed by atoms with Crippen LogP contribution in [0.25, 0.3) is 10.9 Å². The average molecular weight is 253 g/mol. The fourth-order valence-corrected chi connectivity index (χ4v) is 3.10. The third-order valence-electron chi connectivity index (χ3n) is 4.39. The van der Waals surface area contributed by atoms with Crippen LogP contribution in [0.4, 0.5) is 0 Å². The van der Waals surface area contributed by atoms with Crippen LogP contribution < -0.4 is 0 Å². The molecule has 0 aliphatic heterocycles. The molecule has 1 aromatic heterocycles. The fraction of sp³-hybridized carbons (Fsp3) is 0.500. The van der Waals surface area contributed by atoms with E-state index in [1.54, 1.807) is 0 Å². The highest BCUT2D eigenvalue weighted by Crippen LogP contribution is 2.50. The molecule has 1 heteroatoms. The standard InChI is InChI=1S/C18H23N/c1-2-3-4-5-8-14-12-17(14)16-11-15-9-6-7-10-18(15)19-13-16/h6-7,9-11,13-14,17H,2-5,8,12H2,1H3/t14-,17-/m1/s1. The lowest BCUT2D eigenvalue weighted by molar-refractivity contribution is 0.589. The van der Waals surface area contributed by atoms with Crippen molar-refractivity contribution >= 4 is 10.9 Å². The zero-order chi connectivity index (χ0) is 13.1. The van der Waals surface area contributed by atoms with Crippen LogP contribution in [0.1, 0.15) is 56.9 Å². The van der Waals surface area contributed by atoms with Gasteiger partial charge in [-0.1, -0.05) is 50.8 Å². The van der Waals surface area contributed by atoms with Crippen LogP contribution in [0, 0.1) is 5.92 Å². The van der Waals surface area contributed by atoms with Crippen molar-refractivity contribution in [2.24, 2.45) is 5.92 Å². The minimum absolute atomic E-state index is 0.790. The van der Waals surface area contributed by atoms with Gasteiger partial charge in [0.15, 0.2) is 0 Å². The Kier molecular flexibility index (Phi) is 3.82. The van der Waals surface area contributed by atoms with Gasteiger partial charge in [0.1, 0.15) is 0 Å². The molecule has 3 rings (SSSR count). The number of fused-ring (bicyclic) bond motifs is 1. The van der Waals surface area contributed by atoms with E-state index >= 15 is 0 Å². The molecule has 2 aromatic rings. The first-order chi connectivity index (χ1) is 9.38. The Morgan fingerprint density at radius 1 is 1.16 bits per heavy atom.